The van der Waals surface area contributed by atoms with Crippen molar-refractivity contribution in [2.24, 2.45) is 0 Å². The first-order chi connectivity index (χ1) is 12.1. The van der Waals surface area contributed by atoms with Gasteiger partial charge in [-0.3, -0.25) is 14.6 Å². The molecule has 1 aliphatic heterocycles. The maximum Gasteiger partial charge on any atom is 0.417 e. The van der Waals surface area contributed by atoms with Gasteiger partial charge in [0.15, 0.2) is 11.4 Å². The summed E-state index contributed by atoms with van der Waals surface area (Å²) in [4.78, 5) is 40.3. The van der Waals surface area contributed by atoms with Crippen LogP contribution >= 0.6 is 0 Å². The van der Waals surface area contributed by atoms with E-state index in [2.05, 4.69) is 4.98 Å². The smallest absolute Gasteiger partial charge is 0.408 e. The Bertz CT molecular complexity index is 1030. The second-order valence-corrected chi connectivity index (χ2v) is 6.07. The van der Waals surface area contributed by atoms with Crippen LogP contribution in [-0.2, 0) is 11.2 Å². The van der Waals surface area contributed by atoms with Gasteiger partial charge in [0.1, 0.15) is 0 Å². The molecule has 4 rings (SSSR count). The summed E-state index contributed by atoms with van der Waals surface area (Å²) in [7, 11) is 0. The molecule has 1 aromatic heterocycles. The van der Waals surface area contributed by atoms with Crippen LogP contribution in [-0.4, -0.2) is 23.2 Å². The quantitative estimate of drug-likeness (QED) is 0.743. The van der Waals surface area contributed by atoms with E-state index in [-0.39, 0.29) is 24.5 Å². The van der Waals surface area contributed by atoms with E-state index in [0.717, 1.165) is 17.7 Å². The van der Waals surface area contributed by atoms with Crippen LogP contribution in [0.1, 0.15) is 28.8 Å². The van der Waals surface area contributed by atoms with Crippen LogP contribution in [0.25, 0.3) is 11.1 Å². The maximum absolute atomic E-state index is 12.5. The fourth-order valence-electron chi connectivity index (χ4n) is 3.22. The lowest BCUT2D eigenvalue weighted by Crippen LogP contribution is -2.29. The van der Waals surface area contributed by atoms with Crippen molar-refractivity contribution in [3.63, 3.8) is 0 Å². The number of carbonyl (C=O) groups excluding carboxylic acids is 2. The van der Waals surface area contributed by atoms with E-state index in [1.54, 1.807) is 17.0 Å². The zero-order valence-corrected chi connectivity index (χ0v) is 13.5. The zero-order valence-electron chi connectivity index (χ0n) is 13.5. The fourth-order valence-corrected chi connectivity index (χ4v) is 3.22. The van der Waals surface area contributed by atoms with Gasteiger partial charge in [-0.05, 0) is 36.2 Å². The van der Waals surface area contributed by atoms with Crippen LogP contribution < -0.4 is 10.7 Å². The summed E-state index contributed by atoms with van der Waals surface area (Å²) in [5.41, 5.74) is 3.43. The van der Waals surface area contributed by atoms with Crippen molar-refractivity contribution >= 4 is 28.5 Å². The Morgan fingerprint density at radius 1 is 1.12 bits per heavy atom. The molecule has 0 fully saturated rings. The summed E-state index contributed by atoms with van der Waals surface area (Å²) < 4.78 is 4.97. The summed E-state index contributed by atoms with van der Waals surface area (Å²) in [6.07, 6.45) is 1.12. The van der Waals surface area contributed by atoms with E-state index in [4.69, 9.17) is 4.42 Å². The third-order valence-corrected chi connectivity index (χ3v) is 4.50. The predicted molar refractivity (Wildman–Crippen MR) is 92.9 cm³/mol. The van der Waals surface area contributed by atoms with Crippen LogP contribution in [0, 0.1) is 0 Å². The Kier molecular flexibility index (Phi) is 3.72. The second-order valence-electron chi connectivity index (χ2n) is 6.07. The first kappa shape index (κ1) is 15.4. The minimum Gasteiger partial charge on any atom is -0.408 e. The van der Waals surface area contributed by atoms with Crippen molar-refractivity contribution in [3.8, 4) is 0 Å². The highest BCUT2D eigenvalue weighted by Crippen LogP contribution is 2.28. The molecule has 25 heavy (non-hydrogen) atoms. The molecule has 0 saturated heterocycles. The Morgan fingerprint density at radius 2 is 1.96 bits per heavy atom. The van der Waals surface area contributed by atoms with Crippen LogP contribution in [0.15, 0.2) is 51.7 Å². The van der Waals surface area contributed by atoms with E-state index in [9.17, 15) is 14.4 Å². The molecule has 126 valence electrons. The lowest BCUT2D eigenvalue weighted by molar-refractivity contribution is -0.118. The average Bonchev–Trinajstić information content (AvgIpc) is 3.21. The van der Waals surface area contributed by atoms with E-state index < -0.39 is 5.76 Å². The monoisotopic (exact) mass is 336 g/mol. The third-order valence-electron chi connectivity index (χ3n) is 4.50. The van der Waals surface area contributed by atoms with Gasteiger partial charge >= 0.3 is 5.76 Å². The van der Waals surface area contributed by atoms with E-state index >= 15 is 0 Å². The highest BCUT2D eigenvalue weighted by molar-refractivity contribution is 6.02. The van der Waals surface area contributed by atoms with Crippen LogP contribution in [0.3, 0.4) is 0 Å². The molecule has 0 radical (unpaired) electrons. The number of carbonyl (C=O) groups is 2. The molecule has 1 amide bonds. The standard InChI is InChI=1S/C19H16N2O4/c22-16(13-5-6-14-17(11-13)25-19(24)20-14)7-8-18(23)21-10-9-12-3-1-2-4-15(12)21/h1-6,11H,7-10H2,(H,20,24). The first-order valence-corrected chi connectivity index (χ1v) is 8.16. The van der Waals surface area contributed by atoms with Crippen molar-refractivity contribution in [3.05, 3.63) is 64.1 Å². The summed E-state index contributed by atoms with van der Waals surface area (Å²) in [6, 6.07) is 12.6. The number of hydrogen-bond acceptors (Lipinski definition) is 4. The van der Waals surface area contributed by atoms with Crippen molar-refractivity contribution < 1.29 is 14.0 Å². The number of H-pyrrole nitrogens is 1. The van der Waals surface area contributed by atoms with Crippen LogP contribution in [0.5, 0.6) is 0 Å². The fraction of sp³-hybridized carbons (Fsp3) is 0.211. The number of rotatable bonds is 4. The van der Waals surface area contributed by atoms with E-state index in [0.29, 0.717) is 23.2 Å². The molecule has 1 N–H and O–H groups in total. The van der Waals surface area contributed by atoms with E-state index in [1.165, 1.54) is 6.07 Å². The van der Waals surface area contributed by atoms with Crippen molar-refractivity contribution in [2.75, 3.05) is 11.4 Å². The topological polar surface area (TPSA) is 83.4 Å². The summed E-state index contributed by atoms with van der Waals surface area (Å²) in [5.74, 6) is -0.749. The number of aromatic nitrogens is 1. The number of oxazole rings is 1. The second kappa shape index (κ2) is 6.05. The summed E-state index contributed by atoms with van der Waals surface area (Å²) in [5, 5.41) is 0. The lowest BCUT2D eigenvalue weighted by atomic mass is 10.1. The number of nitrogens with one attached hydrogen (secondary N) is 1. The number of ketones is 1. The van der Waals surface area contributed by atoms with E-state index in [1.807, 2.05) is 24.3 Å². The number of benzene rings is 2. The van der Waals surface area contributed by atoms with Gasteiger partial charge in [-0.1, -0.05) is 18.2 Å². The minimum absolute atomic E-state index is 0.0486. The molecule has 0 aliphatic carbocycles. The number of hydrogen-bond donors (Lipinski definition) is 1. The zero-order chi connectivity index (χ0) is 17.4. The largest absolute Gasteiger partial charge is 0.417 e. The molecule has 2 aromatic carbocycles. The van der Waals surface area contributed by atoms with Gasteiger partial charge in [0.05, 0.1) is 5.52 Å². The molecular formula is C19H16N2O4. The van der Waals surface area contributed by atoms with Crippen molar-refractivity contribution in [1.29, 1.82) is 0 Å². The van der Waals surface area contributed by atoms with Gasteiger partial charge in [0.25, 0.3) is 0 Å². The van der Waals surface area contributed by atoms with Gasteiger partial charge < -0.3 is 9.32 Å². The van der Waals surface area contributed by atoms with Gasteiger partial charge in [-0.25, -0.2) is 4.79 Å². The highest BCUT2D eigenvalue weighted by Gasteiger charge is 2.24. The lowest BCUT2D eigenvalue weighted by Gasteiger charge is -2.17. The summed E-state index contributed by atoms with van der Waals surface area (Å²) in [6.45, 7) is 0.660. The SMILES string of the molecule is O=C(CCC(=O)N1CCc2ccccc21)c1ccc2[nH]c(=O)oc2c1. The predicted octanol–water partition coefficient (Wildman–Crippen LogP) is 2.67. The average molecular weight is 336 g/mol. The van der Waals surface area contributed by atoms with Gasteiger partial charge in [-0.15, -0.1) is 0 Å². The van der Waals surface area contributed by atoms with Crippen LogP contribution in [0.4, 0.5) is 5.69 Å². The Balaban J connectivity index is 1.44. The number of nitrogens with zero attached hydrogens (tertiary/aromatic N) is 1. The number of para-hydroxylation sites is 1. The minimum atomic E-state index is -0.553. The van der Waals surface area contributed by atoms with Gasteiger partial charge in [0, 0.05) is 30.6 Å². The maximum atomic E-state index is 12.5. The molecule has 6 nitrogen and oxygen atoms in total. The normalized spacial score (nSPS) is 13.2. The van der Waals surface area contributed by atoms with Crippen molar-refractivity contribution in [1.82, 2.24) is 4.98 Å². The molecule has 0 unspecified atom stereocenters. The number of Topliss-reactive ketones (excluding diaryl/α,β-unsaturated/α-hetero) is 1. The molecule has 0 spiro atoms. The highest BCUT2D eigenvalue weighted by atomic mass is 16.4. The van der Waals surface area contributed by atoms with Crippen LogP contribution in [0.2, 0.25) is 0 Å². The number of aromatic amines is 1. The van der Waals surface area contributed by atoms with Gasteiger partial charge in [0.2, 0.25) is 5.91 Å². The molecule has 0 saturated carbocycles. The number of anilines is 1. The summed E-state index contributed by atoms with van der Waals surface area (Å²) >= 11 is 0. The Morgan fingerprint density at radius 3 is 2.84 bits per heavy atom. The number of fused-ring (bicyclic) bond motifs is 2. The molecular weight excluding hydrogens is 320 g/mol. The molecule has 0 atom stereocenters. The molecule has 1 aliphatic rings. The Hall–Kier alpha value is -3.15. The first-order valence-electron chi connectivity index (χ1n) is 8.16. The molecule has 6 heteroatoms. The number of amides is 1. The third kappa shape index (κ3) is 2.87. The molecule has 3 aromatic rings. The molecule has 0 bridgehead atoms. The Labute approximate surface area is 143 Å². The van der Waals surface area contributed by atoms with Gasteiger partial charge in [-0.2, -0.15) is 0 Å². The molecule has 2 heterocycles. The van der Waals surface area contributed by atoms with Crippen molar-refractivity contribution in [2.45, 2.75) is 19.3 Å².